The summed E-state index contributed by atoms with van der Waals surface area (Å²) >= 11 is 0. The van der Waals surface area contributed by atoms with Crippen molar-refractivity contribution >= 4 is 25.7 Å². The summed E-state index contributed by atoms with van der Waals surface area (Å²) in [5.74, 6) is -2.71. The van der Waals surface area contributed by atoms with Gasteiger partial charge in [-0.1, -0.05) is 0 Å². The summed E-state index contributed by atoms with van der Waals surface area (Å²) in [6.45, 7) is 0. The van der Waals surface area contributed by atoms with E-state index in [1.54, 1.807) is 0 Å². The summed E-state index contributed by atoms with van der Waals surface area (Å²) < 4.78 is 26.8. The van der Waals surface area contributed by atoms with Crippen LogP contribution in [0.4, 0.5) is 0 Å². The Balaban J connectivity index is 2.64. The van der Waals surface area contributed by atoms with Crippen LogP contribution in [-0.2, 0) is 18.6 Å². The largest absolute Gasteiger partial charge is 0.465 e. The van der Waals surface area contributed by atoms with Gasteiger partial charge in [0.25, 0.3) is 9.05 Å². The maximum Gasteiger partial charge on any atom is 0.372 e. The predicted octanol–water partition coefficient (Wildman–Crippen LogP) is -1.35. The van der Waals surface area contributed by atoms with E-state index in [2.05, 4.69) is 14.7 Å². The number of hydrogen-bond donors (Lipinski definition) is 1. The first-order valence-corrected chi connectivity index (χ1v) is 6.99. The molecule has 0 aromatic heterocycles. The Labute approximate surface area is 106 Å². The van der Waals surface area contributed by atoms with Crippen molar-refractivity contribution in [3.63, 3.8) is 0 Å². The van der Waals surface area contributed by atoms with Crippen LogP contribution in [-0.4, -0.2) is 27.3 Å². The van der Waals surface area contributed by atoms with Gasteiger partial charge in [-0.15, -0.1) is 0 Å². The molecule has 18 heavy (non-hydrogen) atoms. The van der Waals surface area contributed by atoms with E-state index < -0.39 is 20.8 Å². The standard InChI is InChI=1S/C9H8ClN3O4S/c1-17-8(14)9(11)12-6-3-2-5(18(10,15)16)4-7(6)13-9/h2-4H,11H2,1H3. The SMILES string of the molecule is COC(=O)C1(N)N=c2ccc(S(=O)(=O)Cl)cc2=N1. The first-order valence-electron chi connectivity index (χ1n) is 4.68. The number of nitrogens with two attached hydrogens (primary N) is 1. The number of esters is 1. The molecule has 0 fully saturated rings. The average molecular weight is 290 g/mol. The smallest absolute Gasteiger partial charge is 0.372 e. The maximum absolute atomic E-state index is 11.4. The Morgan fingerprint density at radius 2 is 2.00 bits per heavy atom. The number of benzene rings is 1. The van der Waals surface area contributed by atoms with E-state index in [9.17, 15) is 13.2 Å². The second-order valence-electron chi connectivity index (χ2n) is 3.53. The number of carbonyl (C=O) groups is 1. The Hall–Kier alpha value is -1.51. The minimum atomic E-state index is -3.87. The molecule has 0 radical (unpaired) electrons. The summed E-state index contributed by atoms with van der Waals surface area (Å²) in [6, 6.07) is 3.81. The molecule has 0 saturated heterocycles. The summed E-state index contributed by atoms with van der Waals surface area (Å²) in [5, 5.41) is 0.469. The third-order valence-corrected chi connectivity index (χ3v) is 3.65. The van der Waals surface area contributed by atoms with Gasteiger partial charge in [-0.2, -0.15) is 0 Å². The van der Waals surface area contributed by atoms with Gasteiger partial charge < -0.3 is 4.74 Å². The molecule has 1 unspecified atom stereocenters. The lowest BCUT2D eigenvalue weighted by molar-refractivity contribution is -0.146. The van der Waals surface area contributed by atoms with E-state index >= 15 is 0 Å². The summed E-state index contributed by atoms with van der Waals surface area (Å²) in [4.78, 5) is 19.0. The molecule has 0 spiro atoms. The fourth-order valence-electron chi connectivity index (χ4n) is 1.47. The minimum absolute atomic E-state index is 0.143. The molecule has 96 valence electrons. The lowest BCUT2D eigenvalue weighted by atomic mass is 10.3. The number of fused-ring (bicyclic) bond motifs is 1. The quantitative estimate of drug-likeness (QED) is 0.534. The van der Waals surface area contributed by atoms with E-state index in [-0.39, 0.29) is 10.3 Å². The number of ether oxygens (including phenoxy) is 1. The highest BCUT2D eigenvalue weighted by molar-refractivity contribution is 8.13. The first kappa shape index (κ1) is 12.9. The summed E-state index contributed by atoms with van der Waals surface area (Å²) in [6.07, 6.45) is 0. The predicted molar refractivity (Wildman–Crippen MR) is 60.7 cm³/mol. The van der Waals surface area contributed by atoms with Crippen molar-refractivity contribution in [1.82, 2.24) is 0 Å². The summed E-state index contributed by atoms with van der Waals surface area (Å²) in [7, 11) is 2.48. The van der Waals surface area contributed by atoms with Crippen molar-refractivity contribution in [3.8, 4) is 0 Å². The molecule has 1 aliphatic rings. The molecule has 1 aliphatic heterocycles. The van der Waals surface area contributed by atoms with Crippen LogP contribution in [0.25, 0.3) is 0 Å². The third kappa shape index (κ3) is 2.09. The van der Waals surface area contributed by atoms with E-state index in [1.165, 1.54) is 18.2 Å². The van der Waals surface area contributed by atoms with Gasteiger partial charge in [0, 0.05) is 10.7 Å². The fraction of sp³-hybridized carbons (Fsp3) is 0.222. The van der Waals surface area contributed by atoms with Crippen LogP contribution < -0.4 is 16.4 Å². The number of hydrogen-bond acceptors (Lipinski definition) is 7. The van der Waals surface area contributed by atoms with Crippen LogP contribution >= 0.6 is 10.7 Å². The van der Waals surface area contributed by atoms with E-state index in [0.29, 0.717) is 5.36 Å². The second-order valence-corrected chi connectivity index (χ2v) is 6.10. The minimum Gasteiger partial charge on any atom is -0.465 e. The maximum atomic E-state index is 11.4. The number of methoxy groups -OCH3 is 1. The number of carbonyl (C=O) groups excluding carboxylic acids is 1. The Bertz CT molecular complexity index is 746. The fourth-order valence-corrected chi connectivity index (χ4v) is 2.24. The van der Waals surface area contributed by atoms with Gasteiger partial charge in [0.2, 0.25) is 0 Å². The van der Waals surface area contributed by atoms with Gasteiger partial charge in [-0.25, -0.2) is 23.2 Å². The molecule has 2 rings (SSSR count). The van der Waals surface area contributed by atoms with Crippen molar-refractivity contribution in [2.45, 2.75) is 10.7 Å². The highest BCUT2D eigenvalue weighted by Crippen LogP contribution is 2.13. The zero-order chi connectivity index (χ0) is 13.6. The molecular weight excluding hydrogens is 282 g/mol. The second kappa shape index (κ2) is 4.01. The monoisotopic (exact) mass is 289 g/mol. The number of halogens is 1. The highest BCUT2D eigenvalue weighted by Gasteiger charge is 2.36. The van der Waals surface area contributed by atoms with Crippen molar-refractivity contribution < 1.29 is 17.9 Å². The molecular formula is C9H8ClN3O4S. The molecule has 0 bridgehead atoms. The van der Waals surface area contributed by atoms with Gasteiger partial charge in [-0.3, -0.25) is 5.73 Å². The van der Waals surface area contributed by atoms with Crippen LogP contribution in [0.3, 0.4) is 0 Å². The highest BCUT2D eigenvalue weighted by atomic mass is 35.7. The molecule has 7 nitrogen and oxygen atoms in total. The lowest BCUT2D eigenvalue weighted by Crippen LogP contribution is -2.44. The van der Waals surface area contributed by atoms with Crippen molar-refractivity contribution in [3.05, 3.63) is 28.9 Å². The number of rotatable bonds is 2. The normalized spacial score (nSPS) is 21.7. The third-order valence-electron chi connectivity index (χ3n) is 2.30. The van der Waals surface area contributed by atoms with Gasteiger partial charge in [-0.05, 0) is 18.2 Å². The Morgan fingerprint density at radius 3 is 2.56 bits per heavy atom. The first-order chi connectivity index (χ1) is 8.26. The molecule has 1 aromatic rings. The van der Waals surface area contributed by atoms with Crippen LogP contribution in [0, 0.1) is 0 Å². The Kier molecular flexibility index (Phi) is 2.88. The topological polar surface area (TPSA) is 111 Å². The van der Waals surface area contributed by atoms with Gasteiger partial charge in [0.05, 0.1) is 22.7 Å². The van der Waals surface area contributed by atoms with E-state index in [4.69, 9.17) is 16.4 Å². The molecule has 1 atom stereocenters. The van der Waals surface area contributed by atoms with E-state index in [0.717, 1.165) is 7.11 Å². The van der Waals surface area contributed by atoms with Gasteiger partial charge in [0.1, 0.15) is 0 Å². The van der Waals surface area contributed by atoms with Crippen molar-refractivity contribution in [1.29, 1.82) is 0 Å². The molecule has 9 heteroatoms. The van der Waals surface area contributed by atoms with Crippen LogP contribution in [0.1, 0.15) is 0 Å². The Morgan fingerprint density at radius 1 is 1.39 bits per heavy atom. The zero-order valence-corrected chi connectivity index (χ0v) is 10.7. The van der Waals surface area contributed by atoms with Gasteiger partial charge >= 0.3 is 11.8 Å². The van der Waals surface area contributed by atoms with Crippen molar-refractivity contribution in [2.24, 2.45) is 15.7 Å². The van der Waals surface area contributed by atoms with Crippen LogP contribution in [0.15, 0.2) is 33.1 Å². The molecule has 0 saturated carbocycles. The molecule has 1 heterocycles. The van der Waals surface area contributed by atoms with Crippen LogP contribution in [0.2, 0.25) is 0 Å². The zero-order valence-electron chi connectivity index (χ0n) is 9.12. The average Bonchev–Trinajstić information content (AvgIpc) is 2.63. The number of nitrogens with zero attached hydrogens (tertiary/aromatic N) is 2. The molecule has 1 aromatic carbocycles. The molecule has 0 aliphatic carbocycles. The van der Waals surface area contributed by atoms with Crippen LogP contribution in [0.5, 0.6) is 0 Å². The lowest BCUT2D eigenvalue weighted by Gasteiger charge is -2.12. The van der Waals surface area contributed by atoms with E-state index in [1.807, 2.05) is 0 Å². The van der Waals surface area contributed by atoms with Gasteiger partial charge in [0.15, 0.2) is 0 Å². The summed E-state index contributed by atoms with van der Waals surface area (Å²) in [5.41, 5.74) is 5.63. The van der Waals surface area contributed by atoms with Crippen molar-refractivity contribution in [2.75, 3.05) is 7.11 Å². The molecule has 2 N–H and O–H groups in total. The molecule has 0 amide bonds.